The van der Waals surface area contributed by atoms with Crippen LogP contribution in [0, 0.1) is 18.6 Å². The third-order valence-electron chi connectivity index (χ3n) is 5.41. The first kappa shape index (κ1) is 19.3. The summed E-state index contributed by atoms with van der Waals surface area (Å²) in [6, 6.07) is 11.3. The maximum absolute atomic E-state index is 14.0. The molecular weight excluding hydrogens is 374 g/mol. The Balaban J connectivity index is 1.86. The minimum Gasteiger partial charge on any atom is -0.493 e. The lowest BCUT2D eigenvalue weighted by molar-refractivity contribution is 0.350. The molecule has 0 fully saturated rings. The lowest BCUT2D eigenvalue weighted by Crippen LogP contribution is -2.35. The molecule has 3 aromatic rings. The number of fused-ring (bicyclic) bond motifs is 1. The number of hydrogen-bond acceptors (Lipinski definition) is 4. The zero-order valence-corrected chi connectivity index (χ0v) is 16.5. The van der Waals surface area contributed by atoms with Crippen LogP contribution in [0.3, 0.4) is 0 Å². The first-order valence-corrected chi connectivity index (χ1v) is 9.39. The number of nitrogens with one attached hydrogen (secondary N) is 1. The Morgan fingerprint density at radius 1 is 1.00 bits per heavy atom. The lowest BCUT2D eigenvalue weighted by Gasteiger charge is -2.34. The highest BCUT2D eigenvalue weighted by Crippen LogP contribution is 2.41. The Hall–Kier alpha value is -2.99. The second-order valence-electron chi connectivity index (χ2n) is 7.14. The van der Waals surface area contributed by atoms with E-state index in [1.807, 2.05) is 31.2 Å². The number of aryl methyl sites for hydroxylation is 1. The predicted octanol–water partition coefficient (Wildman–Crippen LogP) is 4.66. The van der Waals surface area contributed by atoms with Crippen LogP contribution in [-0.2, 0) is 6.42 Å². The standard InChI is InChI=1S/C23H22F2N2O2/c1-13-5-4-8-26-22(13)19-10-15-11-20(28-2)21(29-3)12-16(15)23(27-19)14-6-7-17(24)18(25)9-14/h4-9,11-12,19,23,27H,10H2,1-3H3/t19-,23-/m0/s1. The van der Waals surface area contributed by atoms with Crippen LogP contribution in [0.5, 0.6) is 11.5 Å². The van der Waals surface area contributed by atoms with Gasteiger partial charge in [0.15, 0.2) is 23.1 Å². The molecule has 0 amide bonds. The summed E-state index contributed by atoms with van der Waals surface area (Å²) in [5.74, 6) is -0.515. The summed E-state index contributed by atoms with van der Waals surface area (Å²) in [6.45, 7) is 2.01. The highest BCUT2D eigenvalue weighted by atomic mass is 19.2. The first-order chi connectivity index (χ1) is 14.0. The van der Waals surface area contributed by atoms with Gasteiger partial charge in [-0.3, -0.25) is 10.3 Å². The SMILES string of the molecule is COc1cc2c(cc1OC)[C@H](c1ccc(F)c(F)c1)N[C@H](c1ncccc1C)C2. The van der Waals surface area contributed by atoms with Gasteiger partial charge in [0.25, 0.3) is 0 Å². The summed E-state index contributed by atoms with van der Waals surface area (Å²) < 4.78 is 38.5. The van der Waals surface area contributed by atoms with E-state index in [0.29, 0.717) is 23.5 Å². The Kier molecular flexibility index (Phi) is 5.20. The Labute approximate surface area is 168 Å². The lowest BCUT2D eigenvalue weighted by atomic mass is 9.84. The number of methoxy groups -OCH3 is 2. The van der Waals surface area contributed by atoms with Crippen LogP contribution in [0.4, 0.5) is 8.78 Å². The molecule has 0 bridgehead atoms. The quantitative estimate of drug-likeness (QED) is 0.697. The van der Waals surface area contributed by atoms with Crippen molar-refractivity contribution in [2.75, 3.05) is 14.2 Å². The first-order valence-electron chi connectivity index (χ1n) is 9.39. The third kappa shape index (κ3) is 3.56. The summed E-state index contributed by atoms with van der Waals surface area (Å²) in [4.78, 5) is 4.56. The molecule has 1 aliphatic rings. The fraction of sp³-hybridized carbons (Fsp3) is 0.261. The minimum atomic E-state index is -0.873. The molecule has 150 valence electrons. The average molecular weight is 396 g/mol. The van der Waals surface area contributed by atoms with Crippen molar-refractivity contribution in [1.29, 1.82) is 0 Å². The summed E-state index contributed by atoms with van der Waals surface area (Å²) in [5.41, 5.74) is 4.62. The van der Waals surface area contributed by atoms with E-state index in [9.17, 15) is 8.78 Å². The van der Waals surface area contributed by atoms with Crippen molar-refractivity contribution >= 4 is 0 Å². The molecule has 4 nitrogen and oxygen atoms in total. The molecule has 1 aliphatic heterocycles. The normalized spacial score (nSPS) is 18.2. The van der Waals surface area contributed by atoms with Crippen LogP contribution in [0.1, 0.15) is 40.0 Å². The van der Waals surface area contributed by atoms with Crippen LogP contribution >= 0.6 is 0 Å². The van der Waals surface area contributed by atoms with E-state index in [0.717, 1.165) is 28.5 Å². The fourth-order valence-electron chi connectivity index (χ4n) is 3.96. The predicted molar refractivity (Wildman–Crippen MR) is 106 cm³/mol. The van der Waals surface area contributed by atoms with E-state index < -0.39 is 11.6 Å². The van der Waals surface area contributed by atoms with Gasteiger partial charge in [0, 0.05) is 6.20 Å². The number of pyridine rings is 1. The van der Waals surface area contributed by atoms with E-state index in [1.54, 1.807) is 26.5 Å². The van der Waals surface area contributed by atoms with E-state index in [-0.39, 0.29) is 12.1 Å². The molecule has 6 heteroatoms. The third-order valence-corrected chi connectivity index (χ3v) is 5.41. The molecule has 0 spiro atoms. The average Bonchev–Trinajstić information content (AvgIpc) is 2.74. The summed E-state index contributed by atoms with van der Waals surface area (Å²) in [7, 11) is 3.17. The van der Waals surface area contributed by atoms with Gasteiger partial charge < -0.3 is 9.47 Å². The van der Waals surface area contributed by atoms with Gasteiger partial charge in [-0.2, -0.15) is 0 Å². The summed E-state index contributed by atoms with van der Waals surface area (Å²) in [6.07, 6.45) is 2.45. The van der Waals surface area contributed by atoms with Crippen molar-refractivity contribution in [2.24, 2.45) is 0 Å². The van der Waals surface area contributed by atoms with Crippen LogP contribution < -0.4 is 14.8 Å². The molecule has 2 heterocycles. The summed E-state index contributed by atoms with van der Waals surface area (Å²) >= 11 is 0. The van der Waals surface area contributed by atoms with Gasteiger partial charge in [-0.15, -0.1) is 0 Å². The number of ether oxygens (including phenoxy) is 2. The molecule has 1 aromatic heterocycles. The highest BCUT2D eigenvalue weighted by Gasteiger charge is 2.31. The number of aromatic nitrogens is 1. The van der Waals surface area contributed by atoms with Crippen LogP contribution in [0.2, 0.25) is 0 Å². The van der Waals surface area contributed by atoms with Crippen molar-refractivity contribution < 1.29 is 18.3 Å². The van der Waals surface area contributed by atoms with E-state index in [4.69, 9.17) is 9.47 Å². The van der Waals surface area contributed by atoms with E-state index >= 15 is 0 Å². The molecule has 0 unspecified atom stereocenters. The highest BCUT2D eigenvalue weighted by molar-refractivity contribution is 5.52. The fourth-order valence-corrected chi connectivity index (χ4v) is 3.96. The Morgan fingerprint density at radius 3 is 2.45 bits per heavy atom. The minimum absolute atomic E-state index is 0.0834. The Morgan fingerprint density at radius 2 is 1.76 bits per heavy atom. The summed E-state index contributed by atoms with van der Waals surface area (Å²) in [5, 5.41) is 3.57. The number of benzene rings is 2. The van der Waals surface area contributed by atoms with Gasteiger partial charge in [0.1, 0.15) is 0 Å². The van der Waals surface area contributed by atoms with Gasteiger partial charge in [-0.25, -0.2) is 8.78 Å². The van der Waals surface area contributed by atoms with Crippen molar-refractivity contribution in [3.05, 3.63) is 88.2 Å². The van der Waals surface area contributed by atoms with Gasteiger partial charge in [0.2, 0.25) is 0 Å². The molecule has 29 heavy (non-hydrogen) atoms. The zero-order chi connectivity index (χ0) is 20.5. The number of nitrogens with zero attached hydrogens (tertiary/aromatic N) is 1. The number of rotatable bonds is 4. The zero-order valence-electron chi connectivity index (χ0n) is 16.5. The second kappa shape index (κ2) is 7.79. The topological polar surface area (TPSA) is 43.4 Å². The van der Waals surface area contributed by atoms with Crippen LogP contribution in [-0.4, -0.2) is 19.2 Å². The molecule has 2 atom stereocenters. The molecule has 2 aromatic carbocycles. The maximum atomic E-state index is 14.0. The molecule has 0 saturated heterocycles. The molecule has 0 saturated carbocycles. The molecule has 0 radical (unpaired) electrons. The number of halogens is 2. The monoisotopic (exact) mass is 396 g/mol. The van der Waals surface area contributed by atoms with Gasteiger partial charge >= 0.3 is 0 Å². The maximum Gasteiger partial charge on any atom is 0.161 e. The molecule has 0 aliphatic carbocycles. The van der Waals surface area contributed by atoms with Crippen molar-refractivity contribution in [1.82, 2.24) is 10.3 Å². The van der Waals surface area contributed by atoms with Crippen molar-refractivity contribution in [2.45, 2.75) is 25.4 Å². The molecule has 4 rings (SSSR count). The van der Waals surface area contributed by atoms with Gasteiger partial charge in [-0.1, -0.05) is 12.1 Å². The Bertz CT molecular complexity index is 1060. The van der Waals surface area contributed by atoms with Gasteiger partial charge in [-0.05, 0) is 65.9 Å². The van der Waals surface area contributed by atoms with Crippen LogP contribution in [0.25, 0.3) is 0 Å². The van der Waals surface area contributed by atoms with Crippen molar-refractivity contribution in [3.63, 3.8) is 0 Å². The molecular formula is C23H22F2N2O2. The smallest absolute Gasteiger partial charge is 0.161 e. The molecule has 1 N–H and O–H groups in total. The van der Waals surface area contributed by atoms with E-state index in [1.165, 1.54) is 6.07 Å². The largest absolute Gasteiger partial charge is 0.493 e. The van der Waals surface area contributed by atoms with Crippen molar-refractivity contribution in [3.8, 4) is 11.5 Å². The van der Waals surface area contributed by atoms with Gasteiger partial charge in [0.05, 0.1) is 32.0 Å². The van der Waals surface area contributed by atoms with Crippen LogP contribution in [0.15, 0.2) is 48.7 Å². The number of hydrogen-bond donors (Lipinski definition) is 1. The second-order valence-corrected chi connectivity index (χ2v) is 7.14. The van der Waals surface area contributed by atoms with E-state index in [2.05, 4.69) is 10.3 Å².